The maximum absolute atomic E-state index is 12.6. The van der Waals surface area contributed by atoms with Crippen LogP contribution in [0.3, 0.4) is 0 Å². The van der Waals surface area contributed by atoms with Gasteiger partial charge in [-0.05, 0) is 31.1 Å². The molecule has 1 aromatic carbocycles. The summed E-state index contributed by atoms with van der Waals surface area (Å²) in [6.45, 7) is 0. The number of hydrogen-bond acceptors (Lipinski definition) is 4. The molecule has 23 heavy (non-hydrogen) atoms. The van der Waals surface area contributed by atoms with Gasteiger partial charge in [0.05, 0.1) is 5.52 Å². The predicted octanol–water partition coefficient (Wildman–Crippen LogP) is 2.20. The Kier molecular flexibility index (Phi) is 3.87. The molecule has 6 nitrogen and oxygen atoms in total. The molecule has 2 aromatic rings. The normalized spacial score (nSPS) is 15.0. The fraction of sp³-hybridized carbons (Fsp3) is 0.125. The Hall–Kier alpha value is -2.67. The SMILES string of the molecule is O=C(O)C1=CC=C(NS(=O)(=O)c2cccc3cccnc23)CC1. The molecular formula is C16H14N2O4S. The lowest BCUT2D eigenvalue weighted by Crippen LogP contribution is -2.24. The molecule has 0 unspecified atom stereocenters. The number of nitrogens with zero attached hydrogens (tertiary/aromatic N) is 1. The molecule has 0 atom stereocenters. The first-order valence-electron chi connectivity index (χ1n) is 6.97. The van der Waals surface area contributed by atoms with E-state index in [-0.39, 0.29) is 16.9 Å². The van der Waals surface area contributed by atoms with Crippen molar-refractivity contribution in [2.45, 2.75) is 17.7 Å². The summed E-state index contributed by atoms with van der Waals surface area (Å²) in [4.78, 5) is 15.1. The van der Waals surface area contributed by atoms with Crippen molar-refractivity contribution in [3.8, 4) is 0 Å². The van der Waals surface area contributed by atoms with E-state index in [2.05, 4.69) is 9.71 Å². The van der Waals surface area contributed by atoms with E-state index in [1.165, 1.54) is 18.2 Å². The Bertz CT molecular complexity index is 940. The Morgan fingerprint density at radius 2 is 1.91 bits per heavy atom. The van der Waals surface area contributed by atoms with Crippen molar-refractivity contribution >= 4 is 26.9 Å². The van der Waals surface area contributed by atoms with Crippen LogP contribution in [-0.4, -0.2) is 24.5 Å². The van der Waals surface area contributed by atoms with Gasteiger partial charge in [-0.2, -0.15) is 0 Å². The quantitative estimate of drug-likeness (QED) is 0.896. The van der Waals surface area contributed by atoms with Gasteiger partial charge in [0.25, 0.3) is 10.0 Å². The maximum atomic E-state index is 12.6. The summed E-state index contributed by atoms with van der Waals surface area (Å²) in [6.07, 6.45) is 5.07. The van der Waals surface area contributed by atoms with E-state index >= 15 is 0 Å². The van der Waals surface area contributed by atoms with E-state index in [1.54, 1.807) is 30.5 Å². The minimum atomic E-state index is -3.78. The van der Waals surface area contributed by atoms with Crippen LogP contribution < -0.4 is 4.72 Å². The molecular weight excluding hydrogens is 316 g/mol. The first kappa shape index (κ1) is 15.2. The summed E-state index contributed by atoms with van der Waals surface area (Å²) in [5.74, 6) is -0.985. The van der Waals surface area contributed by atoms with Crippen LogP contribution in [0.25, 0.3) is 10.9 Å². The number of fused-ring (bicyclic) bond motifs is 1. The predicted molar refractivity (Wildman–Crippen MR) is 85.1 cm³/mol. The Morgan fingerprint density at radius 1 is 1.13 bits per heavy atom. The summed E-state index contributed by atoms with van der Waals surface area (Å²) < 4.78 is 27.7. The Balaban J connectivity index is 1.95. The standard InChI is InChI=1S/C16H14N2O4S/c19-16(20)12-6-8-13(9-7-12)18-23(21,22)14-5-1-3-11-4-2-10-17-15(11)14/h1-6,8,10,18H,7,9H2,(H,19,20). The number of para-hydroxylation sites is 1. The highest BCUT2D eigenvalue weighted by Crippen LogP contribution is 2.23. The highest BCUT2D eigenvalue weighted by atomic mass is 32.2. The number of rotatable bonds is 4. The number of pyridine rings is 1. The highest BCUT2D eigenvalue weighted by molar-refractivity contribution is 7.89. The maximum Gasteiger partial charge on any atom is 0.331 e. The van der Waals surface area contributed by atoms with E-state index in [4.69, 9.17) is 5.11 Å². The fourth-order valence-electron chi connectivity index (χ4n) is 2.42. The van der Waals surface area contributed by atoms with E-state index in [9.17, 15) is 13.2 Å². The second kappa shape index (κ2) is 5.85. The van der Waals surface area contributed by atoms with Crippen molar-refractivity contribution in [2.24, 2.45) is 0 Å². The summed E-state index contributed by atoms with van der Waals surface area (Å²) in [5, 5.41) is 9.65. The van der Waals surface area contributed by atoms with Gasteiger partial charge in [-0.3, -0.25) is 9.71 Å². The van der Waals surface area contributed by atoms with Crippen molar-refractivity contribution in [3.05, 3.63) is 60.0 Å². The average Bonchev–Trinajstić information content (AvgIpc) is 2.54. The van der Waals surface area contributed by atoms with E-state index in [0.29, 0.717) is 17.6 Å². The number of carboxylic acid groups (broad SMARTS) is 1. The second-order valence-electron chi connectivity index (χ2n) is 5.13. The molecule has 0 saturated carbocycles. The van der Waals surface area contributed by atoms with Crippen LogP contribution in [0.2, 0.25) is 0 Å². The minimum absolute atomic E-state index is 0.101. The number of benzene rings is 1. The monoisotopic (exact) mass is 330 g/mol. The highest BCUT2D eigenvalue weighted by Gasteiger charge is 2.21. The first-order valence-corrected chi connectivity index (χ1v) is 8.45. The largest absolute Gasteiger partial charge is 0.478 e. The van der Waals surface area contributed by atoms with Crippen molar-refractivity contribution < 1.29 is 18.3 Å². The molecule has 0 spiro atoms. The van der Waals surface area contributed by atoms with E-state index in [0.717, 1.165) is 5.39 Å². The van der Waals surface area contributed by atoms with Gasteiger partial charge in [0, 0.05) is 22.9 Å². The molecule has 1 aliphatic rings. The summed E-state index contributed by atoms with van der Waals surface area (Å²) >= 11 is 0. The molecule has 3 rings (SSSR count). The summed E-state index contributed by atoms with van der Waals surface area (Å²) in [6, 6.07) is 8.50. The number of aromatic nitrogens is 1. The van der Waals surface area contributed by atoms with Crippen LogP contribution in [0.4, 0.5) is 0 Å². The lowest BCUT2D eigenvalue weighted by Gasteiger charge is -2.15. The smallest absolute Gasteiger partial charge is 0.331 e. The van der Waals surface area contributed by atoms with Crippen LogP contribution in [0, 0.1) is 0 Å². The number of sulfonamides is 1. The van der Waals surface area contributed by atoms with Gasteiger partial charge in [-0.25, -0.2) is 13.2 Å². The third-order valence-electron chi connectivity index (χ3n) is 3.57. The number of nitrogens with one attached hydrogen (secondary N) is 1. The van der Waals surface area contributed by atoms with Crippen LogP contribution in [0.1, 0.15) is 12.8 Å². The van der Waals surface area contributed by atoms with Crippen molar-refractivity contribution in [1.82, 2.24) is 9.71 Å². The third kappa shape index (κ3) is 3.09. The van der Waals surface area contributed by atoms with E-state index in [1.807, 2.05) is 0 Å². The van der Waals surface area contributed by atoms with Crippen molar-refractivity contribution in [1.29, 1.82) is 0 Å². The van der Waals surface area contributed by atoms with Crippen molar-refractivity contribution in [2.75, 3.05) is 0 Å². The molecule has 0 aliphatic heterocycles. The van der Waals surface area contributed by atoms with Gasteiger partial charge in [0.2, 0.25) is 0 Å². The van der Waals surface area contributed by atoms with Gasteiger partial charge in [0.1, 0.15) is 4.90 Å². The Morgan fingerprint density at radius 3 is 2.61 bits per heavy atom. The van der Waals surface area contributed by atoms with Gasteiger partial charge in [0.15, 0.2) is 0 Å². The summed E-state index contributed by atoms with van der Waals surface area (Å²) in [5.41, 5.74) is 1.13. The van der Waals surface area contributed by atoms with Crippen LogP contribution >= 0.6 is 0 Å². The van der Waals surface area contributed by atoms with Crippen LogP contribution in [0.15, 0.2) is 64.8 Å². The molecule has 0 radical (unpaired) electrons. The molecule has 1 aromatic heterocycles. The van der Waals surface area contributed by atoms with Crippen LogP contribution in [-0.2, 0) is 14.8 Å². The molecule has 1 aliphatic carbocycles. The van der Waals surface area contributed by atoms with E-state index < -0.39 is 16.0 Å². The number of hydrogen-bond donors (Lipinski definition) is 2. The van der Waals surface area contributed by atoms with Crippen LogP contribution in [0.5, 0.6) is 0 Å². The second-order valence-corrected chi connectivity index (χ2v) is 6.78. The van der Waals surface area contributed by atoms with Crippen molar-refractivity contribution in [3.63, 3.8) is 0 Å². The topological polar surface area (TPSA) is 96.4 Å². The zero-order chi connectivity index (χ0) is 16.4. The fourth-order valence-corrected chi connectivity index (χ4v) is 3.73. The molecule has 7 heteroatoms. The molecule has 0 saturated heterocycles. The van der Waals surface area contributed by atoms with Gasteiger partial charge >= 0.3 is 5.97 Å². The molecule has 1 heterocycles. The average molecular weight is 330 g/mol. The van der Waals surface area contributed by atoms with Gasteiger partial charge < -0.3 is 5.11 Å². The number of allylic oxidation sites excluding steroid dienone is 3. The third-order valence-corrected chi connectivity index (χ3v) is 5.01. The number of carboxylic acids is 1. The molecule has 0 fully saturated rings. The van der Waals surface area contributed by atoms with Gasteiger partial charge in [-0.15, -0.1) is 0 Å². The molecule has 0 amide bonds. The number of aliphatic carboxylic acids is 1. The van der Waals surface area contributed by atoms with Gasteiger partial charge in [-0.1, -0.05) is 24.3 Å². The first-order chi connectivity index (χ1) is 11.0. The molecule has 118 valence electrons. The zero-order valence-electron chi connectivity index (χ0n) is 12.1. The molecule has 0 bridgehead atoms. The Labute approximate surface area is 133 Å². The number of carbonyl (C=O) groups is 1. The minimum Gasteiger partial charge on any atom is -0.478 e. The zero-order valence-corrected chi connectivity index (χ0v) is 12.9. The summed E-state index contributed by atoms with van der Waals surface area (Å²) in [7, 11) is -3.78. The lowest BCUT2D eigenvalue weighted by atomic mass is 10.0. The molecule has 2 N–H and O–H groups in total. The lowest BCUT2D eigenvalue weighted by molar-refractivity contribution is -0.132.